The largest absolute Gasteiger partial charge is 0.474 e. The van der Waals surface area contributed by atoms with Gasteiger partial charge in [-0.1, -0.05) is 6.07 Å². The van der Waals surface area contributed by atoms with E-state index in [1.807, 2.05) is 0 Å². The quantitative estimate of drug-likeness (QED) is 0.589. The molecule has 1 atom stereocenters. The van der Waals surface area contributed by atoms with Gasteiger partial charge in [0.05, 0.1) is 4.92 Å². The average Bonchev–Trinajstić information content (AvgIpc) is 2.38. The van der Waals surface area contributed by atoms with E-state index < -0.39 is 11.0 Å². The van der Waals surface area contributed by atoms with Gasteiger partial charge in [0.2, 0.25) is 0 Å². The van der Waals surface area contributed by atoms with E-state index in [4.69, 9.17) is 10.5 Å². The number of carbonyl (C=O) groups is 1. The van der Waals surface area contributed by atoms with Crippen molar-refractivity contribution in [1.82, 2.24) is 5.32 Å². The molecule has 7 nitrogen and oxygen atoms in total. The Morgan fingerprint density at radius 3 is 2.79 bits per heavy atom. The third kappa shape index (κ3) is 3.92. The van der Waals surface area contributed by atoms with Crippen LogP contribution in [0.25, 0.3) is 0 Å². The van der Waals surface area contributed by atoms with E-state index in [9.17, 15) is 14.9 Å². The summed E-state index contributed by atoms with van der Waals surface area (Å²) < 4.78 is 5.35. The summed E-state index contributed by atoms with van der Waals surface area (Å²) in [5.74, 6) is -0.276. The number of nitrogens with two attached hydrogens (primary N) is 1. The second-order valence-electron chi connectivity index (χ2n) is 3.92. The summed E-state index contributed by atoms with van der Waals surface area (Å²) in [6, 6.07) is 4.36. The molecule has 0 aliphatic rings. The fourth-order valence-corrected chi connectivity index (χ4v) is 1.49. The van der Waals surface area contributed by atoms with Gasteiger partial charge in [0, 0.05) is 19.2 Å². The summed E-state index contributed by atoms with van der Waals surface area (Å²) in [7, 11) is 0. The van der Waals surface area contributed by atoms with Crippen molar-refractivity contribution >= 4 is 11.6 Å². The molecule has 104 valence electrons. The Kier molecular flexibility index (Phi) is 5.25. The number of nitrogens with one attached hydrogen (secondary N) is 1. The Hall–Kier alpha value is -2.15. The number of hydrogen-bond acceptors (Lipinski definition) is 5. The first kappa shape index (κ1) is 14.9. The van der Waals surface area contributed by atoms with Crippen LogP contribution in [0.5, 0.6) is 5.75 Å². The first-order valence-corrected chi connectivity index (χ1v) is 5.91. The fraction of sp³-hybridized carbons (Fsp3) is 0.417. The number of rotatable bonds is 6. The van der Waals surface area contributed by atoms with Gasteiger partial charge in [0.15, 0.2) is 11.9 Å². The number of nitro benzene ring substituents is 1. The first-order chi connectivity index (χ1) is 8.99. The summed E-state index contributed by atoms with van der Waals surface area (Å²) in [4.78, 5) is 21.9. The number of nitro groups is 1. The maximum Gasteiger partial charge on any atom is 0.310 e. The van der Waals surface area contributed by atoms with Gasteiger partial charge in [-0.05, 0) is 25.5 Å². The molecular formula is C12H17N3O4. The molecule has 0 aliphatic carbocycles. The predicted molar refractivity (Wildman–Crippen MR) is 69.8 cm³/mol. The van der Waals surface area contributed by atoms with E-state index in [0.29, 0.717) is 12.1 Å². The lowest BCUT2D eigenvalue weighted by molar-refractivity contribution is -0.386. The molecule has 0 bridgehead atoms. The van der Waals surface area contributed by atoms with Crippen LogP contribution in [-0.4, -0.2) is 23.5 Å². The van der Waals surface area contributed by atoms with Crippen molar-refractivity contribution in [2.45, 2.75) is 26.5 Å². The monoisotopic (exact) mass is 267 g/mol. The normalized spacial score (nSPS) is 11.7. The van der Waals surface area contributed by atoms with Crippen LogP contribution in [0.1, 0.15) is 19.4 Å². The smallest absolute Gasteiger partial charge is 0.310 e. The van der Waals surface area contributed by atoms with E-state index in [-0.39, 0.29) is 23.9 Å². The third-order valence-electron chi connectivity index (χ3n) is 2.48. The van der Waals surface area contributed by atoms with Crippen molar-refractivity contribution < 1.29 is 14.5 Å². The van der Waals surface area contributed by atoms with Gasteiger partial charge >= 0.3 is 5.69 Å². The van der Waals surface area contributed by atoms with E-state index >= 15 is 0 Å². The molecule has 0 radical (unpaired) electrons. The van der Waals surface area contributed by atoms with E-state index in [2.05, 4.69) is 5.32 Å². The minimum Gasteiger partial charge on any atom is -0.474 e. The summed E-state index contributed by atoms with van der Waals surface area (Å²) >= 11 is 0. The van der Waals surface area contributed by atoms with Crippen LogP contribution >= 0.6 is 0 Å². The molecule has 0 saturated heterocycles. The highest BCUT2D eigenvalue weighted by molar-refractivity contribution is 5.80. The summed E-state index contributed by atoms with van der Waals surface area (Å²) in [6.07, 6.45) is -0.813. The molecule has 1 aromatic carbocycles. The highest BCUT2D eigenvalue weighted by Gasteiger charge is 2.21. The number of likely N-dealkylation sites (N-methyl/N-ethyl adjacent to an activating group) is 1. The lowest BCUT2D eigenvalue weighted by Crippen LogP contribution is -2.36. The minimum absolute atomic E-state index is 0.0479. The van der Waals surface area contributed by atoms with Crippen LogP contribution in [-0.2, 0) is 11.3 Å². The molecule has 0 aliphatic heterocycles. The van der Waals surface area contributed by atoms with Crippen LogP contribution in [0.15, 0.2) is 18.2 Å². The molecule has 1 rings (SSSR count). The molecule has 19 heavy (non-hydrogen) atoms. The Balaban J connectivity index is 2.97. The highest BCUT2D eigenvalue weighted by atomic mass is 16.6. The van der Waals surface area contributed by atoms with Crippen molar-refractivity contribution in [1.29, 1.82) is 0 Å². The minimum atomic E-state index is -0.813. The zero-order valence-electron chi connectivity index (χ0n) is 10.9. The molecular weight excluding hydrogens is 250 g/mol. The zero-order chi connectivity index (χ0) is 14.4. The number of ether oxygens (including phenoxy) is 1. The number of hydrogen-bond donors (Lipinski definition) is 2. The van der Waals surface area contributed by atoms with Crippen LogP contribution in [0, 0.1) is 10.1 Å². The Morgan fingerprint density at radius 1 is 1.58 bits per heavy atom. The van der Waals surface area contributed by atoms with Crippen molar-refractivity contribution in [3.05, 3.63) is 33.9 Å². The van der Waals surface area contributed by atoms with Crippen molar-refractivity contribution in [2.24, 2.45) is 5.73 Å². The van der Waals surface area contributed by atoms with Crippen LogP contribution in [0.2, 0.25) is 0 Å². The van der Waals surface area contributed by atoms with Crippen molar-refractivity contribution in [3.63, 3.8) is 0 Å². The van der Waals surface area contributed by atoms with Gasteiger partial charge in [0.25, 0.3) is 5.91 Å². The van der Waals surface area contributed by atoms with Crippen LogP contribution in [0.3, 0.4) is 0 Å². The molecule has 0 aromatic heterocycles. The molecule has 0 fully saturated rings. The molecule has 1 aromatic rings. The Labute approximate surface area is 110 Å². The van der Waals surface area contributed by atoms with E-state index in [1.165, 1.54) is 19.1 Å². The molecule has 0 spiro atoms. The van der Waals surface area contributed by atoms with Crippen molar-refractivity contribution in [2.75, 3.05) is 6.54 Å². The first-order valence-electron chi connectivity index (χ1n) is 5.91. The highest BCUT2D eigenvalue weighted by Crippen LogP contribution is 2.28. The molecule has 0 saturated carbocycles. The van der Waals surface area contributed by atoms with Gasteiger partial charge in [-0.15, -0.1) is 0 Å². The second-order valence-corrected chi connectivity index (χ2v) is 3.92. The lowest BCUT2D eigenvalue weighted by Gasteiger charge is -2.14. The van der Waals surface area contributed by atoms with E-state index in [1.54, 1.807) is 13.0 Å². The Morgan fingerprint density at radius 2 is 2.26 bits per heavy atom. The second kappa shape index (κ2) is 6.69. The molecule has 0 heterocycles. The summed E-state index contributed by atoms with van der Waals surface area (Å²) in [5.41, 5.74) is 5.99. The van der Waals surface area contributed by atoms with Gasteiger partial charge in [-0.25, -0.2) is 0 Å². The topological polar surface area (TPSA) is 107 Å². The van der Waals surface area contributed by atoms with Gasteiger partial charge in [-0.2, -0.15) is 0 Å². The zero-order valence-corrected chi connectivity index (χ0v) is 10.9. The maximum atomic E-state index is 11.6. The summed E-state index contributed by atoms with van der Waals surface area (Å²) in [5, 5.41) is 13.5. The Bertz CT molecular complexity index is 476. The van der Waals surface area contributed by atoms with Gasteiger partial charge in [0.1, 0.15) is 0 Å². The SMILES string of the molecule is CCNC(=O)C(C)Oc1cc(CN)ccc1[N+](=O)[O-]. The molecule has 1 amide bonds. The predicted octanol–water partition coefficient (Wildman–Crippen LogP) is 0.957. The summed E-state index contributed by atoms with van der Waals surface area (Å²) in [6.45, 7) is 4.02. The fourth-order valence-electron chi connectivity index (χ4n) is 1.49. The van der Waals surface area contributed by atoms with Gasteiger partial charge < -0.3 is 15.8 Å². The standard InChI is InChI=1S/C12H17N3O4/c1-3-14-12(16)8(2)19-11-6-9(7-13)4-5-10(11)15(17)18/h4-6,8H,3,7,13H2,1-2H3,(H,14,16). The number of amides is 1. The number of nitrogens with zero attached hydrogens (tertiary/aromatic N) is 1. The van der Waals surface area contributed by atoms with Crippen molar-refractivity contribution in [3.8, 4) is 5.75 Å². The molecule has 1 unspecified atom stereocenters. The van der Waals surface area contributed by atoms with Crippen LogP contribution < -0.4 is 15.8 Å². The number of carbonyl (C=O) groups excluding carboxylic acids is 1. The molecule has 7 heteroatoms. The average molecular weight is 267 g/mol. The maximum absolute atomic E-state index is 11.6. The lowest BCUT2D eigenvalue weighted by atomic mass is 10.2. The van der Waals surface area contributed by atoms with Crippen LogP contribution in [0.4, 0.5) is 5.69 Å². The van der Waals surface area contributed by atoms with E-state index in [0.717, 1.165) is 0 Å². The molecule has 3 N–H and O–H groups in total. The number of benzene rings is 1. The third-order valence-corrected chi connectivity index (χ3v) is 2.48. The van der Waals surface area contributed by atoms with Gasteiger partial charge in [-0.3, -0.25) is 14.9 Å².